The highest BCUT2D eigenvalue weighted by Gasteiger charge is 2.14. The highest BCUT2D eigenvalue weighted by Crippen LogP contribution is 2.17. The van der Waals surface area contributed by atoms with Gasteiger partial charge in [-0.15, -0.1) is 0 Å². The fourth-order valence-electron chi connectivity index (χ4n) is 1.51. The molecule has 0 radical (unpaired) electrons. The summed E-state index contributed by atoms with van der Waals surface area (Å²) in [7, 11) is 1.57. The number of amides is 2. The van der Waals surface area contributed by atoms with Gasteiger partial charge in [-0.2, -0.15) is 0 Å². The van der Waals surface area contributed by atoms with Crippen LogP contribution in [0.1, 0.15) is 36.7 Å². The Bertz CT molecular complexity index is 504. The van der Waals surface area contributed by atoms with E-state index in [4.69, 9.17) is 4.74 Å². The zero-order valence-electron chi connectivity index (χ0n) is 12.7. The lowest BCUT2D eigenvalue weighted by Gasteiger charge is -2.19. The molecule has 0 saturated carbocycles. The first-order chi connectivity index (χ1) is 9.23. The first kappa shape index (κ1) is 16.2. The summed E-state index contributed by atoms with van der Waals surface area (Å²) in [4.78, 5) is 23.4. The lowest BCUT2D eigenvalue weighted by Crippen LogP contribution is -2.27. The van der Waals surface area contributed by atoms with Crippen LogP contribution in [0.15, 0.2) is 18.2 Å². The number of rotatable bonds is 4. The molecule has 1 aromatic rings. The maximum Gasteiger partial charge on any atom is 0.251 e. The Morgan fingerprint density at radius 1 is 1.25 bits per heavy atom. The van der Waals surface area contributed by atoms with Gasteiger partial charge in [0.05, 0.1) is 5.60 Å². The molecule has 1 aromatic carbocycles. The van der Waals surface area contributed by atoms with Crippen molar-refractivity contribution >= 4 is 17.5 Å². The Kier molecular flexibility index (Phi) is 5.27. The van der Waals surface area contributed by atoms with E-state index in [1.54, 1.807) is 25.2 Å². The molecule has 2 N–H and O–H groups in total. The summed E-state index contributed by atoms with van der Waals surface area (Å²) in [6.07, 6.45) is 0. The second-order valence-electron chi connectivity index (χ2n) is 5.56. The van der Waals surface area contributed by atoms with Gasteiger partial charge in [0.2, 0.25) is 5.91 Å². The monoisotopic (exact) mass is 278 g/mol. The van der Waals surface area contributed by atoms with Crippen molar-refractivity contribution in [2.24, 2.45) is 0 Å². The van der Waals surface area contributed by atoms with Crippen molar-refractivity contribution in [3.05, 3.63) is 29.3 Å². The summed E-state index contributed by atoms with van der Waals surface area (Å²) in [5.41, 5.74) is 1.65. The number of nitrogens with one attached hydrogen (secondary N) is 2. The third-order valence-electron chi connectivity index (χ3n) is 2.64. The molecular weight excluding hydrogens is 256 g/mol. The largest absolute Gasteiger partial charge is 0.366 e. The molecule has 0 atom stereocenters. The van der Waals surface area contributed by atoms with Crippen molar-refractivity contribution in [3.8, 4) is 0 Å². The van der Waals surface area contributed by atoms with Crippen molar-refractivity contribution < 1.29 is 14.3 Å². The molecule has 20 heavy (non-hydrogen) atoms. The van der Waals surface area contributed by atoms with Gasteiger partial charge in [0.15, 0.2) is 0 Å². The minimum atomic E-state index is -0.365. The van der Waals surface area contributed by atoms with Crippen LogP contribution >= 0.6 is 0 Å². The Morgan fingerprint density at radius 2 is 1.90 bits per heavy atom. The van der Waals surface area contributed by atoms with E-state index in [0.717, 1.165) is 5.56 Å². The van der Waals surface area contributed by atoms with Gasteiger partial charge < -0.3 is 15.4 Å². The molecular formula is C15H22N2O3. The molecule has 110 valence electrons. The molecule has 2 amide bonds. The summed E-state index contributed by atoms with van der Waals surface area (Å²) < 4.78 is 5.41. The third-order valence-corrected chi connectivity index (χ3v) is 2.64. The van der Waals surface area contributed by atoms with Gasteiger partial charge in [0, 0.05) is 18.3 Å². The number of hydrogen-bond donors (Lipinski definition) is 2. The van der Waals surface area contributed by atoms with Crippen molar-refractivity contribution in [1.29, 1.82) is 0 Å². The number of aryl methyl sites for hydroxylation is 1. The van der Waals surface area contributed by atoms with E-state index in [-0.39, 0.29) is 24.0 Å². The van der Waals surface area contributed by atoms with Crippen molar-refractivity contribution in [1.82, 2.24) is 5.32 Å². The molecule has 0 aliphatic heterocycles. The van der Waals surface area contributed by atoms with Gasteiger partial charge in [0.25, 0.3) is 5.91 Å². The van der Waals surface area contributed by atoms with Gasteiger partial charge in [-0.1, -0.05) is 6.07 Å². The van der Waals surface area contributed by atoms with Gasteiger partial charge in [-0.25, -0.2) is 0 Å². The molecule has 1 rings (SSSR count). The quantitative estimate of drug-likeness (QED) is 0.886. The van der Waals surface area contributed by atoms with Crippen LogP contribution in [0, 0.1) is 6.92 Å². The van der Waals surface area contributed by atoms with E-state index < -0.39 is 0 Å². The van der Waals surface area contributed by atoms with E-state index in [1.807, 2.05) is 27.7 Å². The summed E-state index contributed by atoms with van der Waals surface area (Å²) in [6.45, 7) is 7.51. The van der Waals surface area contributed by atoms with E-state index in [2.05, 4.69) is 10.6 Å². The van der Waals surface area contributed by atoms with Crippen molar-refractivity contribution in [3.63, 3.8) is 0 Å². The van der Waals surface area contributed by atoms with E-state index in [1.165, 1.54) is 0 Å². The van der Waals surface area contributed by atoms with Crippen molar-refractivity contribution in [2.75, 3.05) is 19.0 Å². The topological polar surface area (TPSA) is 67.4 Å². The standard InChI is InChI=1S/C15H22N2O3/c1-10-6-7-11(14(19)16-5)8-12(10)17-13(18)9-20-15(2,3)4/h6-8H,9H2,1-5H3,(H,16,19)(H,17,18). The maximum atomic E-state index is 11.8. The van der Waals surface area contributed by atoms with Crippen LogP contribution in [-0.2, 0) is 9.53 Å². The summed E-state index contributed by atoms with van der Waals surface area (Å²) in [6, 6.07) is 5.17. The molecule has 0 aromatic heterocycles. The lowest BCUT2D eigenvalue weighted by atomic mass is 10.1. The van der Waals surface area contributed by atoms with Crippen LogP contribution in [0.25, 0.3) is 0 Å². The van der Waals surface area contributed by atoms with E-state index >= 15 is 0 Å². The fraction of sp³-hybridized carbons (Fsp3) is 0.467. The number of carbonyl (C=O) groups is 2. The average Bonchev–Trinajstić information content (AvgIpc) is 2.37. The summed E-state index contributed by atoms with van der Waals surface area (Å²) >= 11 is 0. The van der Waals surface area contributed by atoms with Crippen LogP contribution in [0.3, 0.4) is 0 Å². The first-order valence-electron chi connectivity index (χ1n) is 6.49. The van der Waals surface area contributed by atoms with Gasteiger partial charge >= 0.3 is 0 Å². The Labute approximate surface area is 119 Å². The zero-order valence-corrected chi connectivity index (χ0v) is 12.7. The molecule has 0 spiro atoms. The molecule has 0 fully saturated rings. The van der Waals surface area contributed by atoms with Crippen LogP contribution in [0.5, 0.6) is 0 Å². The Morgan fingerprint density at radius 3 is 2.45 bits per heavy atom. The summed E-state index contributed by atoms with van der Waals surface area (Å²) in [5.74, 6) is -0.427. The lowest BCUT2D eigenvalue weighted by molar-refractivity contribution is -0.125. The average molecular weight is 278 g/mol. The molecule has 0 heterocycles. The van der Waals surface area contributed by atoms with Crippen LogP contribution in [-0.4, -0.2) is 31.1 Å². The molecule has 0 aliphatic rings. The van der Waals surface area contributed by atoms with E-state index in [0.29, 0.717) is 11.3 Å². The summed E-state index contributed by atoms with van der Waals surface area (Å²) in [5, 5.41) is 5.31. The minimum absolute atomic E-state index is 0.0207. The highest BCUT2D eigenvalue weighted by molar-refractivity contribution is 5.97. The van der Waals surface area contributed by atoms with Gasteiger partial charge in [-0.05, 0) is 45.4 Å². The molecule has 0 aliphatic carbocycles. The minimum Gasteiger partial charge on any atom is -0.366 e. The smallest absolute Gasteiger partial charge is 0.251 e. The number of anilines is 1. The zero-order chi connectivity index (χ0) is 15.3. The van der Waals surface area contributed by atoms with Gasteiger partial charge in [-0.3, -0.25) is 9.59 Å². The number of carbonyl (C=O) groups excluding carboxylic acids is 2. The molecule has 5 nitrogen and oxygen atoms in total. The Hall–Kier alpha value is -1.88. The van der Waals surface area contributed by atoms with Crippen LogP contribution in [0.4, 0.5) is 5.69 Å². The number of benzene rings is 1. The predicted molar refractivity (Wildman–Crippen MR) is 78.9 cm³/mol. The molecule has 5 heteroatoms. The van der Waals surface area contributed by atoms with Crippen LogP contribution in [0.2, 0.25) is 0 Å². The second kappa shape index (κ2) is 6.52. The SMILES string of the molecule is CNC(=O)c1ccc(C)c(NC(=O)COC(C)(C)C)c1. The number of ether oxygens (including phenoxy) is 1. The highest BCUT2D eigenvalue weighted by atomic mass is 16.5. The molecule has 0 saturated heterocycles. The third kappa shape index (κ3) is 5.01. The maximum absolute atomic E-state index is 11.8. The first-order valence-corrected chi connectivity index (χ1v) is 6.49. The van der Waals surface area contributed by atoms with Crippen LogP contribution < -0.4 is 10.6 Å². The molecule has 0 unspecified atom stereocenters. The fourth-order valence-corrected chi connectivity index (χ4v) is 1.51. The number of hydrogen-bond acceptors (Lipinski definition) is 3. The second-order valence-corrected chi connectivity index (χ2v) is 5.56. The predicted octanol–water partition coefficient (Wildman–Crippen LogP) is 2.11. The molecule has 0 bridgehead atoms. The van der Waals surface area contributed by atoms with E-state index in [9.17, 15) is 9.59 Å². The van der Waals surface area contributed by atoms with Gasteiger partial charge in [0.1, 0.15) is 6.61 Å². The normalized spacial score (nSPS) is 11.1. The Balaban J connectivity index is 2.76. The van der Waals surface area contributed by atoms with Crippen molar-refractivity contribution in [2.45, 2.75) is 33.3 Å².